The minimum absolute atomic E-state index is 0.0749. The first-order valence-electron chi connectivity index (χ1n) is 4.43. The summed E-state index contributed by atoms with van der Waals surface area (Å²) >= 11 is 0. The van der Waals surface area contributed by atoms with Crippen molar-refractivity contribution in [3.05, 3.63) is 29.9 Å². The number of fused-ring (bicyclic) bond motifs is 3. The summed E-state index contributed by atoms with van der Waals surface area (Å²) in [5.74, 6) is 5.68. The number of rotatable bonds is 0. The third kappa shape index (κ3) is 0.954. The lowest BCUT2D eigenvalue weighted by molar-refractivity contribution is 0.788. The van der Waals surface area contributed by atoms with Gasteiger partial charge in [-0.2, -0.15) is 0 Å². The van der Waals surface area contributed by atoms with Crippen molar-refractivity contribution >= 4 is 22.1 Å². The topological polar surface area (TPSA) is 96.4 Å². The highest BCUT2D eigenvalue weighted by molar-refractivity contribution is 6.03. The van der Waals surface area contributed by atoms with Gasteiger partial charge in [-0.05, 0) is 6.07 Å². The molecule has 0 saturated heterocycles. The number of aromatic nitrogens is 4. The van der Waals surface area contributed by atoms with Gasteiger partial charge in [0.25, 0.3) is 5.62 Å². The number of nitrogen functional groups attached to an aromatic ring is 1. The van der Waals surface area contributed by atoms with Crippen LogP contribution < -0.4 is 11.5 Å². The van der Waals surface area contributed by atoms with Crippen LogP contribution in [0.25, 0.3) is 22.1 Å². The van der Waals surface area contributed by atoms with Crippen molar-refractivity contribution in [1.82, 2.24) is 19.9 Å². The second kappa shape index (κ2) is 2.57. The molecule has 0 aliphatic heterocycles. The molecule has 0 fully saturated rings. The molecule has 0 radical (unpaired) electrons. The first-order chi connectivity index (χ1) is 7.27. The molecule has 0 spiro atoms. The Kier molecular flexibility index (Phi) is 1.37. The summed E-state index contributed by atoms with van der Waals surface area (Å²) in [6.07, 6.45) is 0. The van der Waals surface area contributed by atoms with Gasteiger partial charge < -0.3 is 10.8 Å². The van der Waals surface area contributed by atoms with Gasteiger partial charge in [-0.15, -0.1) is 10.2 Å². The molecule has 3 aromatic rings. The fourth-order valence-corrected chi connectivity index (χ4v) is 1.64. The van der Waals surface area contributed by atoms with E-state index in [4.69, 9.17) is 11.3 Å². The Hall–Kier alpha value is -2.37. The molecule has 2 heterocycles. The number of H-pyrrole nitrogens is 1. The quantitative estimate of drug-likeness (QED) is 0.449. The number of benzene rings is 1. The SMILES string of the molecule is N=c1nnc2c3ccccc3[nH]c2n1N. The molecule has 6 nitrogen and oxygen atoms in total. The maximum atomic E-state index is 7.42. The lowest BCUT2D eigenvalue weighted by Gasteiger charge is -1.97. The second-order valence-corrected chi connectivity index (χ2v) is 3.26. The Morgan fingerprint density at radius 1 is 1.27 bits per heavy atom. The molecule has 3 rings (SSSR count). The smallest absolute Gasteiger partial charge is 0.262 e. The molecule has 15 heavy (non-hydrogen) atoms. The number of nitrogens with two attached hydrogens (primary N) is 1. The highest BCUT2D eigenvalue weighted by Gasteiger charge is 2.07. The minimum Gasteiger partial charge on any atom is -0.338 e. The van der Waals surface area contributed by atoms with Crippen molar-refractivity contribution in [1.29, 1.82) is 5.41 Å². The number of para-hydroxylation sites is 1. The zero-order chi connectivity index (χ0) is 10.4. The van der Waals surface area contributed by atoms with E-state index in [1.165, 1.54) is 4.68 Å². The van der Waals surface area contributed by atoms with Gasteiger partial charge in [-0.25, -0.2) is 4.68 Å². The summed E-state index contributed by atoms with van der Waals surface area (Å²) in [7, 11) is 0. The zero-order valence-electron chi connectivity index (χ0n) is 7.73. The monoisotopic (exact) mass is 200 g/mol. The van der Waals surface area contributed by atoms with Crippen molar-refractivity contribution in [2.45, 2.75) is 0 Å². The van der Waals surface area contributed by atoms with Gasteiger partial charge in [0.15, 0.2) is 5.65 Å². The molecular formula is C9H8N6. The minimum atomic E-state index is -0.0749. The predicted molar refractivity (Wildman–Crippen MR) is 55.4 cm³/mol. The number of nitrogens with zero attached hydrogens (tertiary/aromatic N) is 3. The van der Waals surface area contributed by atoms with Crippen molar-refractivity contribution < 1.29 is 0 Å². The Morgan fingerprint density at radius 2 is 2.07 bits per heavy atom. The van der Waals surface area contributed by atoms with Gasteiger partial charge in [0.2, 0.25) is 0 Å². The van der Waals surface area contributed by atoms with Crippen LogP contribution in [0.2, 0.25) is 0 Å². The molecule has 0 unspecified atom stereocenters. The first kappa shape index (κ1) is 7.98. The van der Waals surface area contributed by atoms with E-state index in [0.717, 1.165) is 10.9 Å². The van der Waals surface area contributed by atoms with E-state index >= 15 is 0 Å². The van der Waals surface area contributed by atoms with Gasteiger partial charge in [-0.3, -0.25) is 5.41 Å². The Bertz CT molecular complexity index is 707. The van der Waals surface area contributed by atoms with E-state index in [1.807, 2.05) is 24.3 Å². The van der Waals surface area contributed by atoms with Crippen LogP contribution in [-0.2, 0) is 0 Å². The number of hydrogen-bond acceptors (Lipinski definition) is 4. The molecule has 0 saturated carbocycles. The molecule has 0 bridgehead atoms. The van der Waals surface area contributed by atoms with Gasteiger partial charge in [0.05, 0.1) is 0 Å². The molecule has 0 atom stereocenters. The largest absolute Gasteiger partial charge is 0.338 e. The molecule has 4 N–H and O–H groups in total. The van der Waals surface area contributed by atoms with Crippen LogP contribution in [0.5, 0.6) is 0 Å². The number of nitrogens with one attached hydrogen (secondary N) is 2. The van der Waals surface area contributed by atoms with Crippen LogP contribution in [0.1, 0.15) is 0 Å². The summed E-state index contributed by atoms with van der Waals surface area (Å²) in [6.45, 7) is 0. The predicted octanol–water partition coefficient (Wildman–Crippen LogP) is 0.106. The molecule has 0 aliphatic rings. The van der Waals surface area contributed by atoms with Crippen LogP contribution in [0.4, 0.5) is 0 Å². The average Bonchev–Trinajstić information content (AvgIpc) is 2.63. The summed E-state index contributed by atoms with van der Waals surface area (Å²) < 4.78 is 1.18. The standard InChI is InChI=1S/C9H8N6/c10-9-14-13-7-5-3-1-2-4-6(5)12-8(7)15(9)11/h1-4,10,12H,11H2. The van der Waals surface area contributed by atoms with Crippen LogP contribution >= 0.6 is 0 Å². The maximum Gasteiger partial charge on any atom is 0.262 e. The fraction of sp³-hybridized carbons (Fsp3) is 0. The van der Waals surface area contributed by atoms with E-state index in [1.54, 1.807) is 0 Å². The van der Waals surface area contributed by atoms with Crippen LogP contribution in [0.3, 0.4) is 0 Å². The summed E-state index contributed by atoms with van der Waals surface area (Å²) in [5.41, 5.74) is 2.15. The fourth-order valence-electron chi connectivity index (χ4n) is 1.64. The molecule has 0 amide bonds. The maximum absolute atomic E-state index is 7.42. The van der Waals surface area contributed by atoms with Crippen molar-refractivity contribution in [3.8, 4) is 0 Å². The van der Waals surface area contributed by atoms with Crippen LogP contribution in [0.15, 0.2) is 24.3 Å². The van der Waals surface area contributed by atoms with E-state index in [9.17, 15) is 0 Å². The third-order valence-electron chi connectivity index (χ3n) is 2.37. The first-order valence-corrected chi connectivity index (χ1v) is 4.43. The molecule has 0 aliphatic carbocycles. The van der Waals surface area contributed by atoms with Crippen molar-refractivity contribution in [2.24, 2.45) is 0 Å². The van der Waals surface area contributed by atoms with Crippen LogP contribution in [0, 0.1) is 5.41 Å². The van der Waals surface area contributed by atoms with Crippen LogP contribution in [-0.4, -0.2) is 19.9 Å². The van der Waals surface area contributed by atoms with E-state index in [0.29, 0.717) is 11.2 Å². The summed E-state index contributed by atoms with van der Waals surface area (Å²) in [4.78, 5) is 3.10. The average molecular weight is 200 g/mol. The van der Waals surface area contributed by atoms with Crippen molar-refractivity contribution in [3.63, 3.8) is 0 Å². The van der Waals surface area contributed by atoms with Gasteiger partial charge in [0, 0.05) is 10.9 Å². The number of aromatic amines is 1. The number of hydrogen-bond donors (Lipinski definition) is 3. The lowest BCUT2D eigenvalue weighted by Crippen LogP contribution is -2.30. The van der Waals surface area contributed by atoms with Crippen molar-refractivity contribution in [2.75, 3.05) is 5.84 Å². The summed E-state index contributed by atoms with van der Waals surface area (Å²) in [5, 5.41) is 16.0. The lowest BCUT2D eigenvalue weighted by atomic mass is 10.2. The molecule has 1 aromatic carbocycles. The highest BCUT2D eigenvalue weighted by Crippen LogP contribution is 2.20. The normalized spacial score (nSPS) is 11.2. The van der Waals surface area contributed by atoms with Gasteiger partial charge in [0.1, 0.15) is 5.52 Å². The Balaban J connectivity index is 2.66. The zero-order valence-corrected chi connectivity index (χ0v) is 7.73. The molecule has 2 aromatic heterocycles. The molecule has 6 heteroatoms. The van der Waals surface area contributed by atoms with E-state index in [-0.39, 0.29) is 5.62 Å². The molecular weight excluding hydrogens is 192 g/mol. The molecule has 74 valence electrons. The summed E-state index contributed by atoms with van der Waals surface area (Å²) in [6, 6.07) is 7.72. The van der Waals surface area contributed by atoms with Gasteiger partial charge in [-0.1, -0.05) is 18.2 Å². The Morgan fingerprint density at radius 3 is 2.93 bits per heavy atom. The van der Waals surface area contributed by atoms with Gasteiger partial charge >= 0.3 is 0 Å². The Labute approximate surface area is 83.8 Å². The van der Waals surface area contributed by atoms with E-state index in [2.05, 4.69) is 15.2 Å². The second-order valence-electron chi connectivity index (χ2n) is 3.26. The highest BCUT2D eigenvalue weighted by atomic mass is 15.4. The third-order valence-corrected chi connectivity index (χ3v) is 2.37. The van der Waals surface area contributed by atoms with E-state index < -0.39 is 0 Å².